The number of aldehydes is 1. The number of hydrogen-bond acceptors (Lipinski definition) is 2. The van der Waals surface area contributed by atoms with Gasteiger partial charge in [0.2, 0.25) is 0 Å². The SMILES string of the molecule is C/C=C(C)/C=C(\C)[C@@H](O[Si](CC)(CC)CC)[C@@H](C)C=O. The van der Waals surface area contributed by atoms with E-state index in [9.17, 15) is 4.79 Å². The van der Waals surface area contributed by atoms with Crippen LogP contribution in [0.15, 0.2) is 23.3 Å². The van der Waals surface area contributed by atoms with Crippen molar-refractivity contribution in [2.24, 2.45) is 5.92 Å². The summed E-state index contributed by atoms with van der Waals surface area (Å²) in [5.41, 5.74) is 2.37. The van der Waals surface area contributed by atoms with E-state index >= 15 is 0 Å². The first-order chi connectivity index (χ1) is 9.39. The number of hydrogen-bond donors (Lipinski definition) is 0. The number of allylic oxidation sites excluding steroid dienone is 3. The molecule has 0 aromatic heterocycles. The van der Waals surface area contributed by atoms with E-state index in [0.717, 1.165) is 30.0 Å². The van der Waals surface area contributed by atoms with Crippen LogP contribution in [0.4, 0.5) is 0 Å². The van der Waals surface area contributed by atoms with Crippen LogP contribution in [-0.4, -0.2) is 20.7 Å². The Morgan fingerprint density at radius 3 is 2.00 bits per heavy atom. The van der Waals surface area contributed by atoms with Crippen molar-refractivity contribution in [3.63, 3.8) is 0 Å². The summed E-state index contributed by atoms with van der Waals surface area (Å²) >= 11 is 0. The second kappa shape index (κ2) is 9.30. The first-order valence-electron chi connectivity index (χ1n) is 7.83. The van der Waals surface area contributed by atoms with Crippen molar-refractivity contribution >= 4 is 14.6 Å². The molecule has 0 unspecified atom stereocenters. The lowest BCUT2D eigenvalue weighted by Gasteiger charge is -2.35. The van der Waals surface area contributed by atoms with Gasteiger partial charge in [0, 0.05) is 5.92 Å². The van der Waals surface area contributed by atoms with E-state index in [-0.39, 0.29) is 12.0 Å². The van der Waals surface area contributed by atoms with Crippen LogP contribution in [0.2, 0.25) is 18.1 Å². The Hall–Kier alpha value is -0.673. The van der Waals surface area contributed by atoms with Crippen LogP contribution in [-0.2, 0) is 9.22 Å². The molecule has 0 aromatic rings. The van der Waals surface area contributed by atoms with Crippen molar-refractivity contribution in [1.82, 2.24) is 0 Å². The Kier molecular flexibility index (Phi) is 8.98. The molecular formula is C17H32O2Si. The predicted molar refractivity (Wildman–Crippen MR) is 90.5 cm³/mol. The van der Waals surface area contributed by atoms with Crippen LogP contribution in [0, 0.1) is 5.92 Å². The summed E-state index contributed by atoms with van der Waals surface area (Å²) in [5, 5.41) is 0. The van der Waals surface area contributed by atoms with Crippen molar-refractivity contribution < 1.29 is 9.22 Å². The monoisotopic (exact) mass is 296 g/mol. The van der Waals surface area contributed by atoms with E-state index in [1.165, 1.54) is 5.57 Å². The van der Waals surface area contributed by atoms with Crippen LogP contribution in [0.25, 0.3) is 0 Å². The fraction of sp³-hybridized carbons (Fsp3) is 0.706. The van der Waals surface area contributed by atoms with E-state index in [1.54, 1.807) is 0 Å². The molecule has 20 heavy (non-hydrogen) atoms. The average Bonchev–Trinajstić information content (AvgIpc) is 2.48. The van der Waals surface area contributed by atoms with Crippen molar-refractivity contribution in [3.8, 4) is 0 Å². The average molecular weight is 297 g/mol. The topological polar surface area (TPSA) is 26.3 Å². The van der Waals surface area contributed by atoms with Crippen molar-refractivity contribution in [2.45, 2.75) is 72.7 Å². The summed E-state index contributed by atoms with van der Waals surface area (Å²) in [5.74, 6) is -0.0903. The fourth-order valence-corrected chi connectivity index (χ4v) is 5.42. The largest absolute Gasteiger partial charge is 0.410 e. The van der Waals surface area contributed by atoms with E-state index in [4.69, 9.17) is 4.43 Å². The highest BCUT2D eigenvalue weighted by Crippen LogP contribution is 2.28. The summed E-state index contributed by atoms with van der Waals surface area (Å²) in [6.07, 6.45) is 5.17. The van der Waals surface area contributed by atoms with Crippen LogP contribution in [0.1, 0.15) is 48.5 Å². The molecule has 0 spiro atoms. The zero-order chi connectivity index (χ0) is 15.8. The lowest BCUT2D eigenvalue weighted by atomic mass is 9.98. The molecule has 0 aliphatic carbocycles. The lowest BCUT2D eigenvalue weighted by Crippen LogP contribution is -2.42. The van der Waals surface area contributed by atoms with Gasteiger partial charge in [-0.1, -0.05) is 45.4 Å². The van der Waals surface area contributed by atoms with Crippen LogP contribution in [0.5, 0.6) is 0 Å². The van der Waals surface area contributed by atoms with E-state index < -0.39 is 8.32 Å². The molecule has 0 radical (unpaired) electrons. The maximum atomic E-state index is 11.3. The molecule has 0 aliphatic heterocycles. The van der Waals surface area contributed by atoms with Gasteiger partial charge in [0.1, 0.15) is 6.29 Å². The lowest BCUT2D eigenvalue weighted by molar-refractivity contribution is -0.112. The maximum Gasteiger partial charge on any atom is 0.192 e. The van der Waals surface area contributed by atoms with Gasteiger partial charge in [-0.2, -0.15) is 0 Å². The second-order valence-corrected chi connectivity index (χ2v) is 10.4. The highest BCUT2D eigenvalue weighted by Gasteiger charge is 2.34. The molecule has 0 heterocycles. The van der Waals surface area contributed by atoms with Gasteiger partial charge in [-0.3, -0.25) is 0 Å². The molecular weight excluding hydrogens is 264 g/mol. The molecule has 0 N–H and O–H groups in total. The van der Waals surface area contributed by atoms with Crippen molar-refractivity contribution in [2.75, 3.05) is 0 Å². The molecule has 3 heteroatoms. The van der Waals surface area contributed by atoms with Gasteiger partial charge in [0.15, 0.2) is 8.32 Å². The minimum atomic E-state index is -1.70. The third-order valence-corrected chi connectivity index (χ3v) is 8.98. The number of carbonyl (C=O) groups is 1. The van der Waals surface area contributed by atoms with Gasteiger partial charge in [-0.25, -0.2) is 0 Å². The van der Waals surface area contributed by atoms with Crippen LogP contribution in [0.3, 0.4) is 0 Å². The molecule has 0 bridgehead atoms. The van der Waals surface area contributed by atoms with E-state index in [1.807, 2.05) is 13.8 Å². The van der Waals surface area contributed by atoms with Crippen molar-refractivity contribution in [3.05, 3.63) is 23.3 Å². The highest BCUT2D eigenvalue weighted by molar-refractivity contribution is 6.73. The third-order valence-electron chi connectivity index (χ3n) is 4.36. The van der Waals surface area contributed by atoms with Gasteiger partial charge in [0.05, 0.1) is 6.10 Å². The normalized spacial score (nSPS) is 16.9. The molecule has 0 rings (SSSR count). The van der Waals surface area contributed by atoms with Gasteiger partial charge >= 0.3 is 0 Å². The number of rotatable bonds is 9. The van der Waals surface area contributed by atoms with Gasteiger partial charge in [-0.05, 0) is 44.5 Å². The summed E-state index contributed by atoms with van der Waals surface area (Å²) in [4.78, 5) is 11.3. The van der Waals surface area contributed by atoms with Gasteiger partial charge in [0.25, 0.3) is 0 Å². The van der Waals surface area contributed by atoms with Gasteiger partial charge < -0.3 is 9.22 Å². The van der Waals surface area contributed by atoms with Crippen molar-refractivity contribution in [1.29, 1.82) is 0 Å². The fourth-order valence-electron chi connectivity index (χ4n) is 2.48. The molecule has 0 amide bonds. The Bertz CT molecular complexity index is 346. The molecule has 0 aromatic carbocycles. The third kappa shape index (κ3) is 5.37. The van der Waals surface area contributed by atoms with Crippen LogP contribution < -0.4 is 0 Å². The molecule has 2 atom stereocenters. The predicted octanol–water partition coefficient (Wildman–Crippen LogP) is 5.12. The minimum absolute atomic E-state index is 0.0751. The standard InChI is InChI=1S/C17H32O2Si/c1-8-14(5)12-15(6)17(16(7)13-18)19-20(9-2,10-3)11-4/h8,12-13,16-17H,9-11H2,1-7H3/b14-8+,15-12+/t16-,17+/m0/s1. The zero-order valence-electron chi connectivity index (χ0n) is 14.3. The summed E-state index contributed by atoms with van der Waals surface area (Å²) in [6.45, 7) is 14.8. The summed E-state index contributed by atoms with van der Waals surface area (Å²) in [6, 6.07) is 3.33. The second-order valence-electron chi connectivity index (χ2n) is 5.70. The zero-order valence-corrected chi connectivity index (χ0v) is 15.3. The summed E-state index contributed by atoms with van der Waals surface area (Å²) in [7, 11) is -1.70. The minimum Gasteiger partial charge on any atom is -0.410 e. The number of carbonyl (C=O) groups excluding carboxylic acids is 1. The first-order valence-corrected chi connectivity index (χ1v) is 10.4. The molecule has 0 aliphatic rings. The quantitative estimate of drug-likeness (QED) is 0.335. The smallest absolute Gasteiger partial charge is 0.192 e. The first kappa shape index (κ1) is 19.3. The Morgan fingerprint density at radius 2 is 1.65 bits per heavy atom. The molecule has 0 fully saturated rings. The van der Waals surface area contributed by atoms with Crippen LogP contribution >= 0.6 is 0 Å². The molecule has 116 valence electrons. The van der Waals surface area contributed by atoms with E-state index in [0.29, 0.717) is 0 Å². The summed E-state index contributed by atoms with van der Waals surface area (Å²) < 4.78 is 6.56. The Labute approximate surface area is 126 Å². The Morgan fingerprint density at radius 1 is 1.15 bits per heavy atom. The van der Waals surface area contributed by atoms with Gasteiger partial charge in [-0.15, -0.1) is 0 Å². The maximum absolute atomic E-state index is 11.3. The molecule has 0 saturated heterocycles. The molecule has 2 nitrogen and oxygen atoms in total. The highest BCUT2D eigenvalue weighted by atomic mass is 28.4. The Balaban J connectivity index is 5.37. The molecule has 0 saturated carbocycles. The van der Waals surface area contributed by atoms with E-state index in [2.05, 4.69) is 46.8 Å².